The maximum Gasteiger partial charge on any atom is 0.407 e. The summed E-state index contributed by atoms with van der Waals surface area (Å²) >= 11 is 0. The van der Waals surface area contributed by atoms with Gasteiger partial charge in [-0.2, -0.15) is 9.97 Å². The Morgan fingerprint density at radius 1 is 1.07 bits per heavy atom. The Labute approximate surface area is 238 Å². The number of hydrogen-bond acceptors (Lipinski definition) is 8. The van der Waals surface area contributed by atoms with Crippen LogP contribution >= 0.6 is 0 Å². The topological polar surface area (TPSA) is 106 Å². The number of nitrogens with one attached hydrogen (secondary N) is 2. The summed E-state index contributed by atoms with van der Waals surface area (Å²) in [6.07, 6.45) is 0.387. The molecule has 0 radical (unpaired) electrons. The number of alkyl halides is 2. The third-order valence-electron chi connectivity index (χ3n) is 7.41. The summed E-state index contributed by atoms with van der Waals surface area (Å²) in [6, 6.07) is 7.31. The predicted octanol–water partition coefficient (Wildman–Crippen LogP) is 5.39. The van der Waals surface area contributed by atoms with Crippen LogP contribution in [-0.4, -0.2) is 70.1 Å². The number of ether oxygens (including phenoxy) is 2. The van der Waals surface area contributed by atoms with Gasteiger partial charge in [0.1, 0.15) is 17.2 Å². The minimum absolute atomic E-state index is 0.0829. The van der Waals surface area contributed by atoms with E-state index >= 15 is 0 Å². The summed E-state index contributed by atoms with van der Waals surface area (Å²) in [5.74, 6) is 1.39. The third kappa shape index (κ3) is 7.22. The molecule has 0 bridgehead atoms. The average Bonchev–Trinajstić information content (AvgIpc) is 3.31. The van der Waals surface area contributed by atoms with Crippen molar-refractivity contribution in [1.29, 1.82) is 0 Å². The van der Waals surface area contributed by atoms with Gasteiger partial charge in [0, 0.05) is 31.7 Å². The zero-order valence-electron chi connectivity index (χ0n) is 24.1. The first kappa shape index (κ1) is 29.0. The molecule has 10 nitrogen and oxygen atoms in total. The van der Waals surface area contributed by atoms with Crippen LogP contribution in [0.15, 0.2) is 24.3 Å². The molecule has 2 N–H and O–H groups in total. The van der Waals surface area contributed by atoms with E-state index in [0.717, 1.165) is 31.2 Å². The van der Waals surface area contributed by atoms with E-state index in [2.05, 4.69) is 20.5 Å². The Bertz CT molecular complexity index is 1360. The minimum Gasteiger partial charge on any atom is -0.444 e. The molecule has 0 atom stereocenters. The van der Waals surface area contributed by atoms with E-state index in [4.69, 9.17) is 19.4 Å². The molecule has 12 heteroatoms. The normalized spacial score (nSPS) is 19.9. The predicted molar refractivity (Wildman–Crippen MR) is 153 cm³/mol. The summed E-state index contributed by atoms with van der Waals surface area (Å²) in [7, 11) is 0. The van der Waals surface area contributed by atoms with Crippen LogP contribution in [-0.2, 0) is 9.47 Å². The van der Waals surface area contributed by atoms with Gasteiger partial charge in [-0.25, -0.2) is 18.6 Å². The average molecular weight is 572 g/mol. The Morgan fingerprint density at radius 2 is 1.78 bits per heavy atom. The number of amides is 1. The molecule has 1 saturated heterocycles. The van der Waals surface area contributed by atoms with Crippen molar-refractivity contribution in [3.8, 4) is 5.82 Å². The standard InChI is InChI=1S/C29H39F2N7O3/c1-18-5-10-22-21(15-18)34-26(25(30)31)38(22)24-16-23(37-11-13-40-14-12-37)35-27(36-24)32-17-19-6-8-20(9-7-19)33-28(39)41-29(2,3)4/h5,10,15-16,19-20,25H,6-9,11-14,17H2,1-4H3,(H,33,39)(H,32,35,36). The van der Waals surface area contributed by atoms with Gasteiger partial charge in [-0.15, -0.1) is 0 Å². The lowest BCUT2D eigenvalue weighted by Gasteiger charge is -2.30. The highest BCUT2D eigenvalue weighted by Gasteiger charge is 2.26. The number of nitrogens with zero attached hydrogens (tertiary/aromatic N) is 5. The number of anilines is 2. The zero-order valence-corrected chi connectivity index (χ0v) is 24.1. The van der Waals surface area contributed by atoms with Crippen molar-refractivity contribution in [2.75, 3.05) is 43.1 Å². The van der Waals surface area contributed by atoms with Crippen molar-refractivity contribution in [2.24, 2.45) is 5.92 Å². The second-order valence-electron chi connectivity index (χ2n) is 11.9. The Kier molecular flexibility index (Phi) is 8.58. The molecular weight excluding hydrogens is 532 g/mol. The van der Waals surface area contributed by atoms with Gasteiger partial charge >= 0.3 is 6.09 Å². The summed E-state index contributed by atoms with van der Waals surface area (Å²) in [4.78, 5) is 27.9. The highest BCUT2D eigenvalue weighted by Crippen LogP contribution is 2.30. The van der Waals surface area contributed by atoms with E-state index < -0.39 is 12.0 Å². The van der Waals surface area contributed by atoms with Crippen molar-refractivity contribution in [3.63, 3.8) is 0 Å². The maximum absolute atomic E-state index is 14.2. The molecule has 2 fully saturated rings. The number of imidazole rings is 1. The number of fused-ring (bicyclic) bond motifs is 1. The lowest BCUT2D eigenvalue weighted by molar-refractivity contribution is 0.0488. The van der Waals surface area contributed by atoms with Crippen LogP contribution in [0.5, 0.6) is 0 Å². The molecule has 2 aliphatic rings. The van der Waals surface area contributed by atoms with E-state index in [0.29, 0.717) is 67.4 Å². The van der Waals surface area contributed by atoms with Crippen LogP contribution in [0.1, 0.15) is 64.3 Å². The van der Waals surface area contributed by atoms with Crippen molar-refractivity contribution in [1.82, 2.24) is 24.8 Å². The summed E-state index contributed by atoms with van der Waals surface area (Å²) in [6.45, 7) is 10.5. The minimum atomic E-state index is -2.77. The van der Waals surface area contributed by atoms with Gasteiger partial charge in [-0.3, -0.25) is 4.57 Å². The molecule has 1 aliphatic carbocycles. The number of carbonyl (C=O) groups excluding carboxylic acids is 1. The smallest absolute Gasteiger partial charge is 0.407 e. The molecule has 2 aromatic heterocycles. The molecule has 0 spiro atoms. The number of aryl methyl sites for hydroxylation is 1. The number of morpholine rings is 1. The molecule has 1 aromatic carbocycles. The molecule has 3 heterocycles. The summed E-state index contributed by atoms with van der Waals surface area (Å²) < 4.78 is 40.7. The van der Waals surface area contributed by atoms with Crippen LogP contribution in [0.3, 0.4) is 0 Å². The number of hydrogen-bond donors (Lipinski definition) is 2. The van der Waals surface area contributed by atoms with Crippen molar-refractivity contribution in [3.05, 3.63) is 35.7 Å². The fourth-order valence-electron chi connectivity index (χ4n) is 5.39. The van der Waals surface area contributed by atoms with Crippen LogP contribution in [0, 0.1) is 12.8 Å². The second kappa shape index (κ2) is 12.1. The maximum atomic E-state index is 14.2. The molecule has 1 saturated carbocycles. The van der Waals surface area contributed by atoms with Crippen LogP contribution in [0.2, 0.25) is 0 Å². The number of rotatable bonds is 7. The molecule has 41 heavy (non-hydrogen) atoms. The lowest BCUT2D eigenvalue weighted by atomic mass is 9.86. The summed E-state index contributed by atoms with van der Waals surface area (Å²) in [5.41, 5.74) is 1.48. The first-order chi connectivity index (χ1) is 19.6. The van der Waals surface area contributed by atoms with Gasteiger partial charge < -0.3 is 25.0 Å². The monoisotopic (exact) mass is 571 g/mol. The SMILES string of the molecule is Cc1ccc2c(c1)nc(C(F)F)n2-c1cc(N2CCOCC2)nc(NCC2CCC(NC(=O)OC(C)(C)C)CC2)n1. The van der Waals surface area contributed by atoms with Gasteiger partial charge in [0.05, 0.1) is 24.2 Å². The van der Waals surface area contributed by atoms with Crippen molar-refractivity contribution >= 4 is 28.9 Å². The fourth-order valence-corrected chi connectivity index (χ4v) is 5.39. The van der Waals surface area contributed by atoms with E-state index in [1.54, 1.807) is 18.2 Å². The first-order valence-corrected chi connectivity index (χ1v) is 14.3. The van der Waals surface area contributed by atoms with Gasteiger partial charge in [0.2, 0.25) is 5.95 Å². The van der Waals surface area contributed by atoms with E-state index in [9.17, 15) is 13.6 Å². The fraction of sp³-hybridized carbons (Fsp3) is 0.586. The molecule has 5 rings (SSSR count). The number of halogens is 2. The van der Waals surface area contributed by atoms with Gasteiger partial charge in [0.15, 0.2) is 5.82 Å². The van der Waals surface area contributed by atoms with Crippen molar-refractivity contribution in [2.45, 2.75) is 71.4 Å². The molecule has 3 aromatic rings. The number of alkyl carbamates (subject to hydrolysis) is 1. The number of benzene rings is 1. The number of carbonyl (C=O) groups is 1. The van der Waals surface area contributed by atoms with Gasteiger partial charge in [0.25, 0.3) is 6.43 Å². The third-order valence-corrected chi connectivity index (χ3v) is 7.41. The second-order valence-corrected chi connectivity index (χ2v) is 11.9. The highest BCUT2D eigenvalue weighted by atomic mass is 19.3. The Morgan fingerprint density at radius 3 is 2.46 bits per heavy atom. The molecule has 222 valence electrons. The van der Waals surface area contributed by atoms with Gasteiger partial charge in [-0.1, -0.05) is 6.07 Å². The molecule has 0 unspecified atom stereocenters. The summed E-state index contributed by atoms with van der Waals surface area (Å²) in [5, 5.41) is 6.35. The highest BCUT2D eigenvalue weighted by molar-refractivity contribution is 5.79. The van der Waals surface area contributed by atoms with E-state index in [1.807, 2.05) is 33.8 Å². The molecule has 1 amide bonds. The van der Waals surface area contributed by atoms with Gasteiger partial charge in [-0.05, 0) is 77.0 Å². The van der Waals surface area contributed by atoms with E-state index in [1.165, 1.54) is 4.57 Å². The van der Waals surface area contributed by atoms with E-state index in [-0.39, 0.29) is 18.0 Å². The quantitative estimate of drug-likeness (QED) is 0.389. The van der Waals surface area contributed by atoms with Crippen LogP contribution < -0.4 is 15.5 Å². The first-order valence-electron chi connectivity index (χ1n) is 14.3. The molecular formula is C29H39F2N7O3. The Balaban J connectivity index is 1.34. The Hall–Kier alpha value is -3.54. The largest absolute Gasteiger partial charge is 0.444 e. The van der Waals surface area contributed by atoms with Crippen LogP contribution in [0.4, 0.5) is 25.3 Å². The molecule has 1 aliphatic heterocycles. The lowest BCUT2D eigenvalue weighted by Crippen LogP contribution is -2.41. The van der Waals surface area contributed by atoms with Crippen LogP contribution in [0.25, 0.3) is 16.9 Å². The zero-order chi connectivity index (χ0) is 29.1. The van der Waals surface area contributed by atoms with Crippen molar-refractivity contribution < 1.29 is 23.0 Å². The number of aromatic nitrogens is 4.